The summed E-state index contributed by atoms with van der Waals surface area (Å²) in [5.74, 6) is -0.200. The molecule has 0 aromatic carbocycles. The van der Waals surface area contributed by atoms with Gasteiger partial charge in [-0.3, -0.25) is 4.79 Å². The molecule has 0 amide bonds. The fraction of sp³-hybridized carbons (Fsp3) is 0.824. The Labute approximate surface area is 128 Å². The lowest BCUT2D eigenvalue weighted by Crippen LogP contribution is -2.46. The van der Waals surface area contributed by atoms with Crippen molar-refractivity contribution in [3.63, 3.8) is 0 Å². The minimum absolute atomic E-state index is 0.200. The first-order valence-electron chi connectivity index (χ1n) is 7.69. The van der Waals surface area contributed by atoms with E-state index in [0.29, 0.717) is 12.8 Å². The van der Waals surface area contributed by atoms with E-state index in [0.717, 1.165) is 12.0 Å². The number of carbonyl (C=O) groups excluding carboxylic acids is 1. The van der Waals surface area contributed by atoms with Gasteiger partial charge in [-0.15, -0.1) is 0 Å². The predicted molar refractivity (Wildman–Crippen MR) is 82.7 cm³/mol. The van der Waals surface area contributed by atoms with Crippen LogP contribution >= 0.6 is 0 Å². The van der Waals surface area contributed by atoms with Crippen LogP contribution in [0.4, 0.5) is 0 Å². The number of carbonyl (C=O) groups is 1. The van der Waals surface area contributed by atoms with E-state index >= 15 is 0 Å². The van der Waals surface area contributed by atoms with Crippen molar-refractivity contribution in [3.8, 4) is 0 Å². The van der Waals surface area contributed by atoms with E-state index in [-0.39, 0.29) is 5.97 Å². The molecule has 1 aliphatic carbocycles. The van der Waals surface area contributed by atoms with Crippen LogP contribution in [0.25, 0.3) is 0 Å². The third-order valence-electron chi connectivity index (χ3n) is 3.65. The molecule has 0 aromatic rings. The Morgan fingerprint density at radius 3 is 2.43 bits per heavy atom. The second-order valence-corrected chi connectivity index (χ2v) is 7.60. The van der Waals surface area contributed by atoms with Gasteiger partial charge in [-0.2, -0.15) is 0 Å². The van der Waals surface area contributed by atoms with Crippen LogP contribution in [0.5, 0.6) is 0 Å². The largest absolute Gasteiger partial charge is 0.460 e. The van der Waals surface area contributed by atoms with Gasteiger partial charge in [0.1, 0.15) is 5.60 Å². The quantitative estimate of drug-likeness (QED) is 0.489. The third kappa shape index (κ3) is 5.11. The molecule has 0 aliphatic heterocycles. The summed E-state index contributed by atoms with van der Waals surface area (Å²) in [4.78, 5) is 12.6. The number of rotatable bonds is 4. The van der Waals surface area contributed by atoms with Gasteiger partial charge in [-0.1, -0.05) is 18.6 Å². The highest BCUT2D eigenvalue weighted by Gasteiger charge is 2.46. The first-order chi connectivity index (χ1) is 9.39. The molecule has 1 rings (SSSR count). The van der Waals surface area contributed by atoms with E-state index in [1.54, 1.807) is 6.92 Å². The van der Waals surface area contributed by atoms with Crippen LogP contribution < -0.4 is 0 Å². The van der Waals surface area contributed by atoms with E-state index in [2.05, 4.69) is 6.92 Å². The van der Waals surface area contributed by atoms with Gasteiger partial charge in [0.05, 0.1) is 11.0 Å². The SMILES string of the molecule is CCC1=CC(C)(OC(C)O)CC(C)(C(=O)OC(C)(C)C)C1. The Kier molecular flexibility index (Phi) is 5.27. The van der Waals surface area contributed by atoms with Crippen LogP contribution in [-0.4, -0.2) is 28.6 Å². The first kappa shape index (κ1) is 18.2. The minimum atomic E-state index is -0.870. The Hall–Kier alpha value is -0.870. The fourth-order valence-corrected chi connectivity index (χ4v) is 3.11. The van der Waals surface area contributed by atoms with Crippen molar-refractivity contribution in [2.24, 2.45) is 5.41 Å². The van der Waals surface area contributed by atoms with E-state index in [1.165, 1.54) is 0 Å². The summed E-state index contributed by atoms with van der Waals surface area (Å²) in [6.45, 7) is 13.1. The van der Waals surface area contributed by atoms with Crippen molar-refractivity contribution in [3.05, 3.63) is 11.6 Å². The molecule has 0 fully saturated rings. The summed E-state index contributed by atoms with van der Waals surface area (Å²) >= 11 is 0. The summed E-state index contributed by atoms with van der Waals surface area (Å²) in [6, 6.07) is 0. The highest BCUT2D eigenvalue weighted by molar-refractivity contribution is 5.77. The van der Waals surface area contributed by atoms with Crippen molar-refractivity contribution in [1.29, 1.82) is 0 Å². The van der Waals surface area contributed by atoms with Crippen LogP contribution in [0.2, 0.25) is 0 Å². The van der Waals surface area contributed by atoms with Gasteiger partial charge in [0.25, 0.3) is 0 Å². The smallest absolute Gasteiger partial charge is 0.312 e. The Balaban J connectivity index is 3.04. The first-order valence-corrected chi connectivity index (χ1v) is 7.69. The average Bonchev–Trinajstić information content (AvgIpc) is 2.23. The number of esters is 1. The highest BCUT2D eigenvalue weighted by Crippen LogP contribution is 2.44. The standard InChI is InChI=1S/C17H30O4/c1-8-13-9-16(6,14(19)21-15(3,4)5)11-17(7,10-13)20-12(2)18/h10,12,18H,8-9,11H2,1-7H3. The number of ether oxygens (including phenoxy) is 2. The van der Waals surface area contributed by atoms with E-state index in [1.807, 2.05) is 40.7 Å². The van der Waals surface area contributed by atoms with Gasteiger partial charge in [-0.25, -0.2) is 0 Å². The molecular weight excluding hydrogens is 268 g/mol. The van der Waals surface area contributed by atoms with E-state index in [4.69, 9.17) is 9.47 Å². The molecule has 21 heavy (non-hydrogen) atoms. The molecule has 4 heteroatoms. The molecule has 1 N–H and O–H groups in total. The zero-order chi connectivity index (χ0) is 16.5. The zero-order valence-electron chi connectivity index (χ0n) is 14.4. The molecule has 3 atom stereocenters. The Bertz CT molecular complexity index is 419. The maximum atomic E-state index is 12.6. The molecule has 0 saturated carbocycles. The predicted octanol–water partition coefficient (Wildman–Crippen LogP) is 3.58. The maximum Gasteiger partial charge on any atom is 0.312 e. The number of aliphatic hydroxyl groups is 1. The summed E-state index contributed by atoms with van der Waals surface area (Å²) in [5.41, 5.74) is -0.618. The number of hydrogen-bond donors (Lipinski definition) is 1. The van der Waals surface area contributed by atoms with E-state index in [9.17, 15) is 9.90 Å². The zero-order valence-corrected chi connectivity index (χ0v) is 14.4. The normalized spacial score (nSPS) is 31.5. The van der Waals surface area contributed by atoms with Gasteiger partial charge in [-0.05, 0) is 60.8 Å². The van der Waals surface area contributed by atoms with Crippen molar-refractivity contribution >= 4 is 5.97 Å². The van der Waals surface area contributed by atoms with Crippen LogP contribution in [-0.2, 0) is 14.3 Å². The molecule has 0 saturated heterocycles. The lowest BCUT2D eigenvalue weighted by molar-refractivity contribution is -0.185. The fourth-order valence-electron chi connectivity index (χ4n) is 3.11. The molecule has 0 bridgehead atoms. The lowest BCUT2D eigenvalue weighted by Gasteiger charge is -2.43. The molecule has 0 spiro atoms. The lowest BCUT2D eigenvalue weighted by atomic mass is 9.69. The monoisotopic (exact) mass is 298 g/mol. The van der Waals surface area contributed by atoms with E-state index < -0.39 is 22.9 Å². The van der Waals surface area contributed by atoms with Crippen LogP contribution in [0.15, 0.2) is 11.6 Å². The van der Waals surface area contributed by atoms with Crippen molar-refractivity contribution in [2.75, 3.05) is 0 Å². The Morgan fingerprint density at radius 2 is 2.00 bits per heavy atom. The molecule has 3 unspecified atom stereocenters. The second kappa shape index (κ2) is 6.09. The molecule has 0 radical (unpaired) electrons. The van der Waals surface area contributed by atoms with Gasteiger partial charge >= 0.3 is 5.97 Å². The number of hydrogen-bond acceptors (Lipinski definition) is 4. The summed E-state index contributed by atoms with van der Waals surface area (Å²) in [6.07, 6.45) is 3.22. The van der Waals surface area contributed by atoms with Gasteiger partial charge < -0.3 is 14.6 Å². The number of aliphatic hydroxyl groups excluding tert-OH is 1. The summed E-state index contributed by atoms with van der Waals surface area (Å²) < 4.78 is 11.2. The molecule has 4 nitrogen and oxygen atoms in total. The van der Waals surface area contributed by atoms with Crippen molar-refractivity contribution in [2.45, 2.75) is 85.2 Å². The van der Waals surface area contributed by atoms with Crippen LogP contribution in [0.1, 0.15) is 67.7 Å². The molecule has 1 aliphatic rings. The molecule has 0 heterocycles. The Morgan fingerprint density at radius 1 is 1.43 bits per heavy atom. The summed E-state index contributed by atoms with van der Waals surface area (Å²) in [5, 5.41) is 9.56. The molecular formula is C17H30O4. The topological polar surface area (TPSA) is 55.8 Å². The summed E-state index contributed by atoms with van der Waals surface area (Å²) in [7, 11) is 0. The van der Waals surface area contributed by atoms with Gasteiger partial charge in [0, 0.05) is 0 Å². The minimum Gasteiger partial charge on any atom is -0.460 e. The van der Waals surface area contributed by atoms with Crippen LogP contribution in [0.3, 0.4) is 0 Å². The second-order valence-electron chi connectivity index (χ2n) is 7.60. The number of allylic oxidation sites excluding steroid dienone is 1. The molecule has 0 aromatic heterocycles. The molecule has 122 valence electrons. The maximum absolute atomic E-state index is 12.6. The van der Waals surface area contributed by atoms with Crippen molar-refractivity contribution < 1.29 is 19.4 Å². The highest BCUT2D eigenvalue weighted by atomic mass is 16.6. The van der Waals surface area contributed by atoms with Crippen LogP contribution in [0, 0.1) is 5.41 Å². The third-order valence-corrected chi connectivity index (χ3v) is 3.65. The van der Waals surface area contributed by atoms with Gasteiger partial charge in [0.2, 0.25) is 0 Å². The van der Waals surface area contributed by atoms with Crippen molar-refractivity contribution in [1.82, 2.24) is 0 Å². The average molecular weight is 298 g/mol. The van der Waals surface area contributed by atoms with Gasteiger partial charge in [0.15, 0.2) is 6.29 Å².